The molecule has 2 atom stereocenters. The Morgan fingerprint density at radius 3 is 1.67 bits per heavy atom. The SMILES string of the molecule is CCCCCCCCCCCCCCCCCCCCCC=CC[C@@H](C(=O)OC)[C@@H](CCOCc1ccccc1)O[Si](C)(C)C(C)(C)C. The van der Waals surface area contributed by atoms with Crippen LogP contribution < -0.4 is 0 Å². The van der Waals surface area contributed by atoms with E-state index >= 15 is 0 Å². The summed E-state index contributed by atoms with van der Waals surface area (Å²) in [5, 5.41) is 0.0546. The van der Waals surface area contributed by atoms with Gasteiger partial charge in [0.2, 0.25) is 0 Å². The maximum Gasteiger partial charge on any atom is 0.311 e. The first-order valence-electron chi connectivity index (χ1n) is 20.1. The number of hydrogen-bond donors (Lipinski definition) is 0. The Balaban J connectivity index is 2.28. The van der Waals surface area contributed by atoms with Crippen LogP contribution in [0.25, 0.3) is 0 Å². The number of unbranched alkanes of at least 4 members (excludes halogenated alkanes) is 19. The lowest BCUT2D eigenvalue weighted by Gasteiger charge is -2.41. The summed E-state index contributed by atoms with van der Waals surface area (Å²) in [6.07, 6.45) is 33.2. The smallest absolute Gasteiger partial charge is 0.311 e. The van der Waals surface area contributed by atoms with Gasteiger partial charge in [-0.3, -0.25) is 4.79 Å². The van der Waals surface area contributed by atoms with Gasteiger partial charge in [0.1, 0.15) is 0 Å². The fraction of sp³-hybridized carbons (Fsp3) is 0.791. The number of hydrogen-bond acceptors (Lipinski definition) is 4. The van der Waals surface area contributed by atoms with E-state index in [1.165, 1.54) is 129 Å². The first-order valence-corrected chi connectivity index (χ1v) is 23.1. The molecule has 0 N–H and O–H groups in total. The maximum absolute atomic E-state index is 13.0. The predicted molar refractivity (Wildman–Crippen MR) is 210 cm³/mol. The molecule has 0 spiro atoms. The molecule has 278 valence electrons. The minimum atomic E-state index is -2.10. The third kappa shape index (κ3) is 22.3. The average Bonchev–Trinajstić information content (AvgIpc) is 3.06. The molecule has 1 aromatic rings. The topological polar surface area (TPSA) is 44.8 Å². The van der Waals surface area contributed by atoms with Crippen molar-refractivity contribution in [1.29, 1.82) is 0 Å². The second-order valence-corrected chi connectivity index (χ2v) is 20.5. The highest BCUT2D eigenvalue weighted by molar-refractivity contribution is 6.74. The van der Waals surface area contributed by atoms with E-state index < -0.39 is 8.32 Å². The molecule has 0 unspecified atom stereocenters. The van der Waals surface area contributed by atoms with Crippen LogP contribution in [-0.4, -0.2) is 34.1 Å². The molecule has 0 amide bonds. The van der Waals surface area contributed by atoms with E-state index in [-0.39, 0.29) is 23.0 Å². The van der Waals surface area contributed by atoms with Gasteiger partial charge >= 0.3 is 5.97 Å². The summed E-state index contributed by atoms with van der Waals surface area (Å²) in [7, 11) is -0.606. The van der Waals surface area contributed by atoms with E-state index in [4.69, 9.17) is 13.9 Å². The summed E-state index contributed by atoms with van der Waals surface area (Å²) in [6, 6.07) is 10.2. The molecule has 0 saturated carbocycles. The van der Waals surface area contributed by atoms with Crippen molar-refractivity contribution in [2.24, 2.45) is 5.92 Å². The molecule has 0 aliphatic rings. The molecule has 0 fully saturated rings. The van der Waals surface area contributed by atoms with E-state index in [0.29, 0.717) is 26.1 Å². The molecular weight excluding hydrogens is 609 g/mol. The minimum absolute atomic E-state index is 0.0546. The van der Waals surface area contributed by atoms with E-state index in [0.717, 1.165) is 12.0 Å². The van der Waals surface area contributed by atoms with Crippen molar-refractivity contribution < 1.29 is 18.7 Å². The van der Waals surface area contributed by atoms with Gasteiger partial charge in [-0.25, -0.2) is 0 Å². The van der Waals surface area contributed by atoms with Gasteiger partial charge < -0.3 is 13.9 Å². The van der Waals surface area contributed by atoms with Crippen LogP contribution in [0.5, 0.6) is 0 Å². The molecular formula is C43H78O4Si. The van der Waals surface area contributed by atoms with Crippen molar-refractivity contribution in [3.05, 3.63) is 48.0 Å². The van der Waals surface area contributed by atoms with Crippen molar-refractivity contribution in [3.63, 3.8) is 0 Å². The van der Waals surface area contributed by atoms with Crippen LogP contribution >= 0.6 is 0 Å². The number of ether oxygens (including phenoxy) is 2. The molecule has 0 saturated heterocycles. The lowest BCUT2D eigenvalue weighted by molar-refractivity contribution is -0.149. The van der Waals surface area contributed by atoms with Crippen molar-refractivity contribution >= 4 is 14.3 Å². The molecule has 5 heteroatoms. The molecule has 0 aliphatic carbocycles. The van der Waals surface area contributed by atoms with E-state index in [1.54, 1.807) is 0 Å². The Morgan fingerprint density at radius 1 is 0.729 bits per heavy atom. The fourth-order valence-corrected chi connectivity index (χ4v) is 7.51. The minimum Gasteiger partial charge on any atom is -0.469 e. The molecule has 48 heavy (non-hydrogen) atoms. The van der Waals surface area contributed by atoms with Crippen LogP contribution in [0.1, 0.15) is 175 Å². The highest BCUT2D eigenvalue weighted by Crippen LogP contribution is 2.39. The predicted octanol–water partition coefficient (Wildman–Crippen LogP) is 13.5. The second-order valence-electron chi connectivity index (χ2n) is 15.7. The Bertz CT molecular complexity index is 907. The fourth-order valence-electron chi connectivity index (χ4n) is 6.11. The van der Waals surface area contributed by atoms with Gasteiger partial charge in [0.25, 0.3) is 0 Å². The molecule has 0 aromatic heterocycles. The monoisotopic (exact) mass is 687 g/mol. The van der Waals surface area contributed by atoms with Crippen LogP contribution in [-0.2, 0) is 25.3 Å². The number of allylic oxidation sites excluding steroid dienone is 2. The van der Waals surface area contributed by atoms with Gasteiger partial charge in [0.15, 0.2) is 8.32 Å². The van der Waals surface area contributed by atoms with Gasteiger partial charge in [0, 0.05) is 6.61 Å². The maximum atomic E-state index is 13.0. The molecule has 0 aliphatic heterocycles. The van der Waals surface area contributed by atoms with Gasteiger partial charge in [-0.05, 0) is 49.4 Å². The lowest BCUT2D eigenvalue weighted by atomic mass is 9.96. The molecule has 0 heterocycles. The Kier molecular flexibility index (Phi) is 26.3. The van der Waals surface area contributed by atoms with Gasteiger partial charge in [-0.1, -0.05) is 186 Å². The van der Waals surface area contributed by atoms with E-state index in [1.807, 2.05) is 18.2 Å². The standard InChI is InChI=1S/C43H78O4Si/c1-8-9-10-11-12-13-14-15-16-17-18-19-20-21-22-23-24-25-26-27-28-32-35-40(42(44)45-5)41(47-48(6,7)43(2,3)4)36-37-46-38-39-33-30-29-31-34-39/h28-34,40-41H,8-27,35-38H2,1-7H3/t40-,41-/m1/s1. The highest BCUT2D eigenvalue weighted by atomic mass is 28.4. The highest BCUT2D eigenvalue weighted by Gasteiger charge is 2.42. The van der Waals surface area contributed by atoms with Crippen LogP contribution in [0.4, 0.5) is 0 Å². The van der Waals surface area contributed by atoms with Crippen LogP contribution in [0.2, 0.25) is 18.1 Å². The Hall–Kier alpha value is -1.43. The molecule has 1 aromatic carbocycles. The number of rotatable bonds is 31. The normalized spacial score (nSPS) is 13.6. The van der Waals surface area contributed by atoms with Crippen molar-refractivity contribution in [2.75, 3.05) is 13.7 Å². The zero-order valence-electron chi connectivity index (χ0n) is 32.8. The van der Waals surface area contributed by atoms with Gasteiger partial charge in [-0.15, -0.1) is 0 Å². The third-order valence-corrected chi connectivity index (χ3v) is 14.9. The summed E-state index contributed by atoms with van der Waals surface area (Å²) in [5.41, 5.74) is 1.15. The summed E-state index contributed by atoms with van der Waals surface area (Å²) >= 11 is 0. The van der Waals surface area contributed by atoms with Crippen LogP contribution in [0.3, 0.4) is 0 Å². The largest absolute Gasteiger partial charge is 0.469 e. The second kappa shape index (κ2) is 28.3. The molecule has 0 radical (unpaired) electrons. The van der Waals surface area contributed by atoms with Crippen molar-refractivity contribution in [3.8, 4) is 0 Å². The number of methoxy groups -OCH3 is 1. The quantitative estimate of drug-likeness (QED) is 0.0337. The van der Waals surface area contributed by atoms with Gasteiger partial charge in [0.05, 0.1) is 25.7 Å². The Labute approximate surface area is 299 Å². The Morgan fingerprint density at radius 2 is 1.21 bits per heavy atom. The van der Waals surface area contributed by atoms with Crippen molar-refractivity contribution in [2.45, 2.75) is 200 Å². The zero-order valence-corrected chi connectivity index (χ0v) is 33.8. The lowest BCUT2D eigenvalue weighted by Crippen LogP contribution is -2.47. The van der Waals surface area contributed by atoms with Gasteiger partial charge in [-0.2, -0.15) is 0 Å². The van der Waals surface area contributed by atoms with Crippen LogP contribution in [0.15, 0.2) is 42.5 Å². The summed E-state index contributed by atoms with van der Waals surface area (Å²) in [5.74, 6) is -0.513. The number of carbonyl (C=O) groups excluding carboxylic acids is 1. The summed E-state index contributed by atoms with van der Waals surface area (Å²) in [6.45, 7) is 14.7. The number of carbonyl (C=O) groups is 1. The zero-order chi connectivity index (χ0) is 35.4. The molecule has 1 rings (SSSR count). The van der Waals surface area contributed by atoms with E-state index in [9.17, 15) is 4.79 Å². The first-order chi connectivity index (χ1) is 23.1. The van der Waals surface area contributed by atoms with Crippen LogP contribution in [0, 0.1) is 5.92 Å². The van der Waals surface area contributed by atoms with E-state index in [2.05, 4.69) is 65.1 Å². The average molecular weight is 687 g/mol. The summed E-state index contributed by atoms with van der Waals surface area (Å²) < 4.78 is 18.2. The third-order valence-electron chi connectivity index (χ3n) is 10.4. The molecule has 4 nitrogen and oxygen atoms in total. The number of benzene rings is 1. The number of esters is 1. The van der Waals surface area contributed by atoms with Crippen molar-refractivity contribution in [1.82, 2.24) is 0 Å². The first kappa shape index (κ1) is 44.6. The summed E-state index contributed by atoms with van der Waals surface area (Å²) in [4.78, 5) is 13.0. The molecule has 0 bridgehead atoms.